The second-order valence-corrected chi connectivity index (χ2v) is 10.5. The highest BCUT2D eigenvalue weighted by Crippen LogP contribution is 2.41. The molecule has 0 bridgehead atoms. The number of aromatic hydroxyl groups is 1. The summed E-state index contributed by atoms with van der Waals surface area (Å²) in [6, 6.07) is 15.8. The minimum atomic E-state index is -4.54. The van der Waals surface area contributed by atoms with Gasteiger partial charge in [-0.15, -0.1) is 5.11 Å². The van der Waals surface area contributed by atoms with E-state index in [-0.39, 0.29) is 22.0 Å². The van der Waals surface area contributed by atoms with Crippen molar-refractivity contribution in [1.82, 2.24) is 0 Å². The number of carbonyl (C=O) groups excluding carboxylic acids is 1. The van der Waals surface area contributed by atoms with Crippen LogP contribution in [0.15, 0.2) is 75.8 Å². The Labute approximate surface area is 234 Å². The number of carbonyl (C=O) groups is 1. The number of halogens is 2. The van der Waals surface area contributed by atoms with Gasteiger partial charge in [-0.3, -0.25) is 9.35 Å². The van der Waals surface area contributed by atoms with Gasteiger partial charge in [0.15, 0.2) is 5.75 Å². The van der Waals surface area contributed by atoms with Crippen LogP contribution in [0.4, 0.5) is 17.1 Å². The van der Waals surface area contributed by atoms with Gasteiger partial charge in [-0.25, -0.2) is 0 Å². The van der Waals surface area contributed by atoms with Crippen molar-refractivity contribution in [2.45, 2.75) is 25.2 Å². The number of ether oxygens (including phenoxy) is 1. The monoisotopic (exact) mass is 587 g/mol. The Kier molecular flexibility index (Phi) is 8.41. The number of phenols is 1. The Balaban J connectivity index is 1.76. The summed E-state index contributed by atoms with van der Waals surface area (Å²) in [6.45, 7) is 4.03. The second-order valence-electron chi connectivity index (χ2n) is 8.31. The summed E-state index contributed by atoms with van der Waals surface area (Å²) in [5.41, 5.74) is 1.05. The van der Waals surface area contributed by atoms with Gasteiger partial charge in [0, 0.05) is 11.1 Å². The molecule has 0 aliphatic heterocycles. The zero-order valence-electron chi connectivity index (χ0n) is 20.8. The number of anilines is 1. The number of amides is 1. The van der Waals surface area contributed by atoms with E-state index in [9.17, 15) is 22.9 Å². The molecular weight excluding hydrogens is 565 g/mol. The first-order valence-electron chi connectivity index (χ1n) is 11.7. The van der Waals surface area contributed by atoms with E-state index in [1.165, 1.54) is 24.3 Å². The van der Waals surface area contributed by atoms with E-state index >= 15 is 0 Å². The minimum Gasteiger partial charge on any atom is -0.505 e. The molecule has 1 amide bonds. The molecule has 3 N–H and O–H groups in total. The number of nitrogens with one attached hydrogen (secondary N) is 1. The Bertz CT molecular complexity index is 1720. The van der Waals surface area contributed by atoms with Gasteiger partial charge in [0.2, 0.25) is 0 Å². The zero-order chi connectivity index (χ0) is 28.3. The summed E-state index contributed by atoms with van der Waals surface area (Å²) in [6.07, 6.45) is 0.355. The predicted molar refractivity (Wildman–Crippen MR) is 151 cm³/mol. The number of fused-ring (bicyclic) bond motifs is 1. The lowest BCUT2D eigenvalue weighted by Crippen LogP contribution is -2.12. The first kappa shape index (κ1) is 28.3. The van der Waals surface area contributed by atoms with Crippen molar-refractivity contribution in [2.24, 2.45) is 10.2 Å². The highest BCUT2D eigenvalue weighted by atomic mass is 35.5. The van der Waals surface area contributed by atoms with Gasteiger partial charge in [-0.2, -0.15) is 13.5 Å². The molecule has 0 fully saturated rings. The molecule has 0 saturated carbocycles. The van der Waals surface area contributed by atoms with Gasteiger partial charge < -0.3 is 15.2 Å². The molecule has 12 heteroatoms. The van der Waals surface area contributed by atoms with E-state index < -0.39 is 26.7 Å². The lowest BCUT2D eigenvalue weighted by atomic mass is 10.0. The maximum absolute atomic E-state index is 13.2. The molecule has 39 heavy (non-hydrogen) atoms. The third kappa shape index (κ3) is 6.15. The highest BCUT2D eigenvalue weighted by molar-refractivity contribution is 7.86. The maximum atomic E-state index is 13.2. The zero-order valence-corrected chi connectivity index (χ0v) is 23.1. The average molecular weight is 588 g/mol. The van der Waals surface area contributed by atoms with Crippen molar-refractivity contribution in [3.8, 4) is 11.5 Å². The third-order valence-electron chi connectivity index (χ3n) is 5.78. The predicted octanol–water partition coefficient (Wildman–Crippen LogP) is 7.73. The number of aryl methyl sites for hydroxylation is 1. The van der Waals surface area contributed by atoms with Crippen molar-refractivity contribution in [3.63, 3.8) is 0 Å². The lowest BCUT2D eigenvalue weighted by Gasteiger charge is -2.12. The van der Waals surface area contributed by atoms with Crippen LogP contribution in [-0.4, -0.2) is 30.6 Å². The number of hydrogen-bond acceptors (Lipinski definition) is 7. The fourth-order valence-electron chi connectivity index (χ4n) is 3.90. The van der Waals surface area contributed by atoms with E-state index in [1.807, 2.05) is 6.92 Å². The summed E-state index contributed by atoms with van der Waals surface area (Å²) in [5, 5.41) is 23.5. The molecule has 0 heterocycles. The molecule has 0 spiro atoms. The Morgan fingerprint density at radius 3 is 2.41 bits per heavy atom. The van der Waals surface area contributed by atoms with Crippen LogP contribution >= 0.6 is 23.2 Å². The van der Waals surface area contributed by atoms with Crippen LogP contribution in [0, 0.1) is 0 Å². The van der Waals surface area contributed by atoms with Crippen LogP contribution < -0.4 is 10.1 Å². The molecule has 0 aromatic heterocycles. The fraction of sp³-hybridized carbons (Fsp3) is 0.148. The first-order valence-corrected chi connectivity index (χ1v) is 13.9. The molecule has 0 aliphatic carbocycles. The van der Waals surface area contributed by atoms with Crippen LogP contribution in [0.2, 0.25) is 10.0 Å². The number of benzene rings is 4. The van der Waals surface area contributed by atoms with E-state index in [1.54, 1.807) is 43.3 Å². The van der Waals surface area contributed by atoms with Crippen molar-refractivity contribution < 1.29 is 27.6 Å². The molecule has 4 aromatic rings. The van der Waals surface area contributed by atoms with Crippen molar-refractivity contribution in [1.29, 1.82) is 0 Å². The summed E-state index contributed by atoms with van der Waals surface area (Å²) < 4.78 is 38.1. The number of phenolic OH excluding ortho intramolecular Hbond substituents is 1. The molecule has 4 rings (SSSR count). The van der Waals surface area contributed by atoms with Crippen LogP contribution in [0.1, 0.15) is 29.8 Å². The van der Waals surface area contributed by atoms with Crippen LogP contribution in [-0.2, 0) is 16.5 Å². The Hall–Kier alpha value is -3.70. The number of hydrogen-bond donors (Lipinski definition) is 3. The molecule has 202 valence electrons. The van der Waals surface area contributed by atoms with E-state index in [2.05, 4.69) is 15.5 Å². The summed E-state index contributed by atoms with van der Waals surface area (Å²) in [5.74, 6) is -0.542. The smallest absolute Gasteiger partial charge is 0.296 e. The van der Waals surface area contributed by atoms with Gasteiger partial charge in [-0.1, -0.05) is 54.4 Å². The first-order chi connectivity index (χ1) is 18.5. The summed E-state index contributed by atoms with van der Waals surface area (Å²) >= 11 is 12.3. The Morgan fingerprint density at radius 1 is 1.00 bits per heavy atom. The quantitative estimate of drug-likeness (QED) is 0.142. The van der Waals surface area contributed by atoms with Gasteiger partial charge >= 0.3 is 0 Å². The molecule has 0 unspecified atom stereocenters. The number of rotatable bonds is 8. The lowest BCUT2D eigenvalue weighted by molar-refractivity contribution is 0.102. The molecule has 0 aliphatic rings. The molecule has 0 radical (unpaired) electrons. The SMILES string of the molecule is CCOc1ccc(NC(=O)c2cc3ccccc3c(N=Nc3cc(Cl)c(S(=O)(=O)O)cc3CC)c2O)cc1Cl. The molecular formula is C27H23Cl2N3O6S. The molecule has 9 nitrogen and oxygen atoms in total. The maximum Gasteiger partial charge on any atom is 0.296 e. The largest absolute Gasteiger partial charge is 0.505 e. The molecule has 0 atom stereocenters. The standard InChI is InChI=1S/C27H23Cl2N3O6S/c1-3-15-12-24(39(35,36)37)21(29)14-22(15)31-32-25-18-8-6-5-7-16(18)11-19(26(25)33)27(34)30-17-9-10-23(38-4-2)20(28)13-17/h5-14,33H,3-4H2,1-2H3,(H,30,34)(H,35,36,37). The minimum absolute atomic E-state index is 0.0278. The second kappa shape index (κ2) is 11.6. The summed E-state index contributed by atoms with van der Waals surface area (Å²) in [4.78, 5) is 12.7. The van der Waals surface area contributed by atoms with Crippen molar-refractivity contribution >= 4 is 67.1 Å². The highest BCUT2D eigenvalue weighted by Gasteiger charge is 2.20. The van der Waals surface area contributed by atoms with Crippen molar-refractivity contribution in [2.75, 3.05) is 11.9 Å². The van der Waals surface area contributed by atoms with Gasteiger partial charge in [-0.05, 0) is 60.7 Å². The molecule has 4 aromatic carbocycles. The Morgan fingerprint density at radius 2 is 1.74 bits per heavy atom. The van der Waals surface area contributed by atoms with Crippen LogP contribution in [0.5, 0.6) is 11.5 Å². The van der Waals surface area contributed by atoms with Gasteiger partial charge in [0.05, 0.1) is 27.9 Å². The van der Waals surface area contributed by atoms with Gasteiger partial charge in [0.25, 0.3) is 16.0 Å². The average Bonchev–Trinajstić information content (AvgIpc) is 2.88. The van der Waals surface area contributed by atoms with Crippen LogP contribution in [0.25, 0.3) is 10.8 Å². The normalized spacial score (nSPS) is 11.7. The number of nitrogens with zero attached hydrogens (tertiary/aromatic N) is 2. The van der Waals surface area contributed by atoms with Crippen LogP contribution in [0.3, 0.4) is 0 Å². The number of azo groups is 1. The fourth-order valence-corrected chi connectivity index (χ4v) is 5.19. The third-order valence-corrected chi connectivity index (χ3v) is 7.39. The van der Waals surface area contributed by atoms with E-state index in [4.69, 9.17) is 27.9 Å². The van der Waals surface area contributed by atoms with E-state index in [0.717, 1.165) is 0 Å². The summed E-state index contributed by atoms with van der Waals surface area (Å²) in [7, 11) is -4.54. The van der Waals surface area contributed by atoms with Crippen molar-refractivity contribution in [3.05, 3.63) is 81.8 Å². The van der Waals surface area contributed by atoms with Gasteiger partial charge in [0.1, 0.15) is 16.3 Å². The molecule has 0 saturated heterocycles. The van der Waals surface area contributed by atoms with E-state index in [0.29, 0.717) is 45.8 Å². The topological polar surface area (TPSA) is 138 Å².